The Labute approximate surface area is 86.3 Å². The molecule has 0 bridgehead atoms. The molecule has 0 aromatic rings. The molecule has 0 fully saturated rings. The van der Waals surface area contributed by atoms with E-state index in [1.165, 1.54) is 6.08 Å². The van der Waals surface area contributed by atoms with Crippen LogP contribution in [0.3, 0.4) is 0 Å². The van der Waals surface area contributed by atoms with Crippen molar-refractivity contribution >= 4 is 22.3 Å². The van der Waals surface area contributed by atoms with Gasteiger partial charge in [-0.2, -0.15) is 8.42 Å². The summed E-state index contributed by atoms with van der Waals surface area (Å²) in [5.41, 5.74) is 0. The Hall–Kier alpha value is -1.41. The van der Waals surface area contributed by atoms with Crippen LogP contribution in [0.25, 0.3) is 0 Å². The van der Waals surface area contributed by atoms with Crippen LogP contribution in [-0.2, 0) is 24.2 Å². The SMILES string of the molecule is C=CCC(CC(=O)O)C(=O)OS(=O)(=O)O. The summed E-state index contributed by atoms with van der Waals surface area (Å²) in [6.07, 6.45) is 0.597. The normalized spacial score (nSPS) is 12.9. The monoisotopic (exact) mass is 238 g/mol. The van der Waals surface area contributed by atoms with Gasteiger partial charge in [0.2, 0.25) is 0 Å². The van der Waals surface area contributed by atoms with E-state index >= 15 is 0 Å². The molecule has 0 saturated carbocycles. The minimum absolute atomic E-state index is 0.0549. The molecule has 0 spiro atoms. The highest BCUT2D eigenvalue weighted by Crippen LogP contribution is 2.12. The quantitative estimate of drug-likeness (QED) is 0.493. The van der Waals surface area contributed by atoms with E-state index in [-0.39, 0.29) is 6.42 Å². The molecule has 1 atom stereocenters. The summed E-state index contributed by atoms with van der Waals surface area (Å²) in [4.78, 5) is 21.3. The van der Waals surface area contributed by atoms with Crippen LogP contribution < -0.4 is 0 Å². The highest BCUT2D eigenvalue weighted by atomic mass is 32.3. The highest BCUT2D eigenvalue weighted by molar-refractivity contribution is 7.81. The fraction of sp³-hybridized carbons (Fsp3) is 0.429. The van der Waals surface area contributed by atoms with E-state index < -0.39 is 34.7 Å². The van der Waals surface area contributed by atoms with Crippen molar-refractivity contribution in [3.63, 3.8) is 0 Å². The van der Waals surface area contributed by atoms with E-state index in [1.807, 2.05) is 0 Å². The molecule has 15 heavy (non-hydrogen) atoms. The zero-order chi connectivity index (χ0) is 12.1. The summed E-state index contributed by atoms with van der Waals surface area (Å²) in [7, 11) is -4.90. The number of carbonyl (C=O) groups is 2. The first kappa shape index (κ1) is 13.6. The molecule has 0 aliphatic heterocycles. The van der Waals surface area contributed by atoms with Gasteiger partial charge in [-0.3, -0.25) is 14.1 Å². The second-order valence-corrected chi connectivity index (χ2v) is 3.67. The largest absolute Gasteiger partial charge is 0.481 e. The summed E-state index contributed by atoms with van der Waals surface area (Å²) in [5, 5.41) is 8.40. The van der Waals surface area contributed by atoms with Crippen LogP contribution in [-0.4, -0.2) is 30.0 Å². The van der Waals surface area contributed by atoms with Gasteiger partial charge < -0.3 is 9.29 Å². The minimum Gasteiger partial charge on any atom is -0.481 e. The van der Waals surface area contributed by atoms with E-state index in [4.69, 9.17) is 9.66 Å². The van der Waals surface area contributed by atoms with E-state index in [1.54, 1.807) is 0 Å². The summed E-state index contributed by atoms with van der Waals surface area (Å²) in [5.74, 6) is -3.78. The molecule has 0 saturated heterocycles. The first-order chi connectivity index (χ1) is 6.76. The molecule has 0 aromatic heterocycles. The average molecular weight is 238 g/mol. The van der Waals surface area contributed by atoms with Gasteiger partial charge in [0.1, 0.15) is 0 Å². The number of rotatable bonds is 6. The summed E-state index contributed by atoms with van der Waals surface area (Å²) < 4.78 is 32.2. The minimum atomic E-state index is -4.90. The third-order valence-corrected chi connectivity index (χ3v) is 1.77. The van der Waals surface area contributed by atoms with Crippen LogP contribution in [0.15, 0.2) is 12.7 Å². The number of aliphatic carboxylic acids is 1. The lowest BCUT2D eigenvalue weighted by Crippen LogP contribution is -2.23. The lowest BCUT2D eigenvalue weighted by Gasteiger charge is -2.09. The molecule has 0 aromatic carbocycles. The van der Waals surface area contributed by atoms with E-state index in [9.17, 15) is 18.0 Å². The predicted molar refractivity (Wildman–Crippen MR) is 48.2 cm³/mol. The van der Waals surface area contributed by atoms with Crippen molar-refractivity contribution < 1.29 is 31.8 Å². The first-order valence-corrected chi connectivity index (χ1v) is 5.16. The van der Waals surface area contributed by atoms with Crippen molar-refractivity contribution in [2.24, 2.45) is 5.92 Å². The molecule has 0 amide bonds. The van der Waals surface area contributed by atoms with Crippen LogP contribution in [0, 0.1) is 5.92 Å². The van der Waals surface area contributed by atoms with Gasteiger partial charge in [0.05, 0.1) is 12.3 Å². The molecule has 0 heterocycles. The number of carboxylic acid groups (broad SMARTS) is 1. The number of allylic oxidation sites excluding steroid dienone is 1. The van der Waals surface area contributed by atoms with Gasteiger partial charge in [-0.15, -0.1) is 6.58 Å². The molecule has 8 heteroatoms. The Morgan fingerprint density at radius 3 is 2.33 bits per heavy atom. The van der Waals surface area contributed by atoms with Gasteiger partial charge in [0, 0.05) is 0 Å². The number of hydrogen-bond acceptors (Lipinski definition) is 5. The fourth-order valence-electron chi connectivity index (χ4n) is 0.847. The van der Waals surface area contributed by atoms with Gasteiger partial charge in [-0.1, -0.05) is 6.08 Å². The summed E-state index contributed by atoms with van der Waals surface area (Å²) >= 11 is 0. The van der Waals surface area contributed by atoms with Crippen LogP contribution in [0.2, 0.25) is 0 Å². The molecule has 0 radical (unpaired) electrons. The Morgan fingerprint density at radius 2 is 2.00 bits per heavy atom. The maximum atomic E-state index is 11.0. The van der Waals surface area contributed by atoms with Crippen LogP contribution in [0.5, 0.6) is 0 Å². The van der Waals surface area contributed by atoms with Crippen molar-refractivity contribution in [3.05, 3.63) is 12.7 Å². The van der Waals surface area contributed by atoms with E-state index in [0.29, 0.717) is 0 Å². The highest BCUT2D eigenvalue weighted by Gasteiger charge is 2.25. The Balaban J connectivity index is 4.55. The Kier molecular flexibility index (Phi) is 4.95. The second kappa shape index (κ2) is 5.47. The lowest BCUT2D eigenvalue weighted by atomic mass is 10.0. The zero-order valence-corrected chi connectivity index (χ0v) is 8.44. The zero-order valence-electron chi connectivity index (χ0n) is 7.62. The predicted octanol–water partition coefficient (Wildman–Crippen LogP) is -0.000600. The second-order valence-electron chi connectivity index (χ2n) is 2.65. The molecular formula is C7H10O7S. The van der Waals surface area contributed by atoms with Crippen molar-refractivity contribution in [1.82, 2.24) is 0 Å². The third kappa shape index (κ3) is 6.63. The van der Waals surface area contributed by atoms with Crippen molar-refractivity contribution in [2.75, 3.05) is 0 Å². The number of carbonyl (C=O) groups excluding carboxylic acids is 1. The van der Waals surface area contributed by atoms with E-state index in [2.05, 4.69) is 10.8 Å². The number of carboxylic acids is 1. The molecule has 86 valence electrons. The summed E-state index contributed by atoms with van der Waals surface area (Å²) in [6, 6.07) is 0. The standard InChI is InChI=1S/C7H10O7S/c1-2-3-5(4-6(8)9)7(10)14-15(11,12)13/h2,5H,1,3-4H2,(H,8,9)(H,11,12,13). The topological polar surface area (TPSA) is 118 Å². The molecular weight excluding hydrogens is 228 g/mol. The van der Waals surface area contributed by atoms with Gasteiger partial charge >= 0.3 is 22.3 Å². The maximum absolute atomic E-state index is 11.0. The van der Waals surface area contributed by atoms with Crippen molar-refractivity contribution in [2.45, 2.75) is 12.8 Å². The fourth-order valence-corrected chi connectivity index (χ4v) is 1.19. The maximum Gasteiger partial charge on any atom is 0.448 e. The Bertz CT molecular complexity index is 356. The van der Waals surface area contributed by atoms with E-state index in [0.717, 1.165) is 0 Å². The lowest BCUT2D eigenvalue weighted by molar-refractivity contribution is -0.146. The van der Waals surface area contributed by atoms with Gasteiger partial charge in [-0.25, -0.2) is 0 Å². The molecule has 0 aliphatic carbocycles. The van der Waals surface area contributed by atoms with Crippen LogP contribution >= 0.6 is 0 Å². The molecule has 7 nitrogen and oxygen atoms in total. The molecule has 0 aliphatic rings. The smallest absolute Gasteiger partial charge is 0.448 e. The van der Waals surface area contributed by atoms with Gasteiger partial charge in [0.25, 0.3) is 0 Å². The molecule has 2 N–H and O–H groups in total. The molecule has 1 unspecified atom stereocenters. The first-order valence-electron chi connectivity index (χ1n) is 3.79. The summed E-state index contributed by atoms with van der Waals surface area (Å²) in [6.45, 7) is 3.27. The van der Waals surface area contributed by atoms with Gasteiger partial charge in [-0.05, 0) is 6.42 Å². The van der Waals surface area contributed by atoms with Crippen LogP contribution in [0.4, 0.5) is 0 Å². The van der Waals surface area contributed by atoms with Crippen molar-refractivity contribution in [1.29, 1.82) is 0 Å². The van der Waals surface area contributed by atoms with Crippen LogP contribution in [0.1, 0.15) is 12.8 Å². The van der Waals surface area contributed by atoms with Gasteiger partial charge in [0.15, 0.2) is 0 Å². The van der Waals surface area contributed by atoms with Crippen molar-refractivity contribution in [3.8, 4) is 0 Å². The Morgan fingerprint density at radius 1 is 1.47 bits per heavy atom. The number of hydrogen-bond donors (Lipinski definition) is 2. The average Bonchev–Trinajstić information content (AvgIpc) is 1.99. The third-order valence-electron chi connectivity index (χ3n) is 1.39. The molecule has 0 rings (SSSR count).